The minimum atomic E-state index is -2.15. The molecule has 0 rings (SSSR count). The summed E-state index contributed by atoms with van der Waals surface area (Å²) in [4.78, 5) is 12.9. The summed E-state index contributed by atoms with van der Waals surface area (Å²) in [5.74, 6) is -0.145. The number of carbonyl (C=O) groups excluding carboxylic acids is 1. The van der Waals surface area contributed by atoms with Gasteiger partial charge in [-0.05, 0) is 30.5 Å². The molecule has 0 aliphatic rings. The Hall–Kier alpha value is -0.176. The lowest BCUT2D eigenvalue weighted by molar-refractivity contribution is -0.139. The molecule has 0 aliphatic carbocycles. The molecule has 0 aliphatic heterocycles. The van der Waals surface area contributed by atoms with Crippen molar-refractivity contribution in [3.05, 3.63) is 0 Å². The highest BCUT2D eigenvalue weighted by Crippen LogP contribution is 2.45. The molecule has 0 aromatic rings. The molecular weight excluding hydrogens is 300 g/mol. The highest BCUT2D eigenvalue weighted by atomic mass is 28.4. The minimum Gasteiger partial charge on any atom is -0.518 e. The van der Waals surface area contributed by atoms with E-state index in [1.165, 1.54) is 0 Å². The quantitative estimate of drug-likeness (QED) is 0.622. The Balaban J connectivity index is 5.49. The third kappa shape index (κ3) is 4.18. The fourth-order valence-corrected chi connectivity index (χ4v) is 8.28. The first-order valence-corrected chi connectivity index (χ1v) is 11.4. The molecule has 1 radical (unpaired) electrons. The van der Waals surface area contributed by atoms with Gasteiger partial charge in [-0.3, -0.25) is 4.79 Å². The van der Waals surface area contributed by atoms with E-state index < -0.39 is 22.6 Å². The molecule has 0 saturated carbocycles. The Bertz CT molecular complexity index is 333. The van der Waals surface area contributed by atoms with Crippen molar-refractivity contribution in [1.82, 2.24) is 0 Å². The summed E-state index contributed by atoms with van der Waals surface area (Å²) in [6, 6.07) is 1.86. The van der Waals surface area contributed by atoms with Crippen molar-refractivity contribution in [3.8, 4) is 0 Å². The van der Waals surface area contributed by atoms with Crippen LogP contribution in [0.25, 0.3) is 0 Å². The van der Waals surface area contributed by atoms with Crippen LogP contribution in [0.3, 0.4) is 0 Å². The molecule has 21 heavy (non-hydrogen) atoms. The van der Waals surface area contributed by atoms with Crippen molar-refractivity contribution in [2.45, 2.75) is 77.1 Å². The molecule has 6 heteroatoms. The molecule has 0 aromatic carbocycles. The van der Waals surface area contributed by atoms with Crippen LogP contribution in [0.5, 0.6) is 0 Å². The fraction of sp³-hybridized carbons (Fsp3) is 0.933. The summed E-state index contributed by atoms with van der Waals surface area (Å²) >= 11 is 0. The summed E-state index contributed by atoms with van der Waals surface area (Å²) in [5, 5.41) is -0.657. The molecule has 1 atom stereocenters. The monoisotopic (exact) mass is 333 g/mol. The van der Waals surface area contributed by atoms with Crippen LogP contribution in [-0.2, 0) is 18.1 Å². The predicted octanol–water partition coefficient (Wildman–Crippen LogP) is 4.27. The standard InChI is InChI=1S/C15H33O4Si2/c1-10-15(7,20(17-8)18-9)13(16)19-21(11-2,12-3)14(4,5)6/h10-12H2,1-9H3. The molecule has 0 spiro atoms. The summed E-state index contributed by atoms with van der Waals surface area (Å²) in [6.45, 7) is 14.7. The van der Waals surface area contributed by atoms with E-state index in [4.69, 9.17) is 13.3 Å². The maximum Gasteiger partial charge on any atom is 0.402 e. The van der Waals surface area contributed by atoms with Gasteiger partial charge in [0.05, 0.1) is 0 Å². The Morgan fingerprint density at radius 3 is 1.67 bits per heavy atom. The lowest BCUT2D eigenvalue weighted by Crippen LogP contribution is -2.51. The Morgan fingerprint density at radius 1 is 1.00 bits per heavy atom. The molecule has 0 saturated heterocycles. The van der Waals surface area contributed by atoms with Crippen molar-refractivity contribution in [3.63, 3.8) is 0 Å². The van der Waals surface area contributed by atoms with E-state index in [1.54, 1.807) is 14.2 Å². The third-order valence-corrected chi connectivity index (χ3v) is 12.6. The smallest absolute Gasteiger partial charge is 0.402 e. The average Bonchev–Trinajstić information content (AvgIpc) is 2.43. The van der Waals surface area contributed by atoms with E-state index in [2.05, 4.69) is 34.6 Å². The van der Waals surface area contributed by atoms with Gasteiger partial charge in [0.2, 0.25) is 0 Å². The molecule has 0 bridgehead atoms. The first kappa shape index (κ1) is 20.8. The van der Waals surface area contributed by atoms with Crippen molar-refractivity contribution >= 4 is 23.6 Å². The largest absolute Gasteiger partial charge is 0.518 e. The molecule has 0 amide bonds. The summed E-state index contributed by atoms with van der Waals surface area (Å²) in [7, 11) is -0.637. The number of hydrogen-bond acceptors (Lipinski definition) is 4. The molecule has 0 heterocycles. The second-order valence-corrected chi connectivity index (χ2v) is 14.3. The number of rotatable bonds is 8. The second-order valence-electron chi connectivity index (χ2n) is 6.72. The maximum atomic E-state index is 12.9. The van der Waals surface area contributed by atoms with E-state index >= 15 is 0 Å². The molecular formula is C15H33O4Si2. The second kappa shape index (κ2) is 7.90. The molecule has 1 unspecified atom stereocenters. The van der Waals surface area contributed by atoms with Crippen molar-refractivity contribution in [1.29, 1.82) is 0 Å². The Morgan fingerprint density at radius 2 is 1.43 bits per heavy atom. The Labute approximate surface area is 133 Å². The summed E-state index contributed by atoms with van der Waals surface area (Å²) < 4.78 is 17.1. The molecule has 4 nitrogen and oxygen atoms in total. The average molecular weight is 334 g/mol. The normalized spacial score (nSPS) is 15.9. The zero-order valence-corrected chi connectivity index (χ0v) is 17.3. The van der Waals surface area contributed by atoms with Gasteiger partial charge in [-0.1, -0.05) is 41.5 Å². The zero-order chi connectivity index (χ0) is 16.9. The number of hydrogen-bond donors (Lipinski definition) is 0. The SMILES string of the molecule is CCC(C)(C(=O)O[Si](CC)(CC)C(C)(C)C)[Si](OC)OC. The molecule has 0 fully saturated rings. The maximum absolute atomic E-state index is 12.9. The van der Waals surface area contributed by atoms with Gasteiger partial charge >= 0.3 is 9.28 Å². The van der Waals surface area contributed by atoms with Crippen LogP contribution >= 0.6 is 0 Å². The van der Waals surface area contributed by atoms with Crippen LogP contribution in [0.4, 0.5) is 0 Å². The van der Waals surface area contributed by atoms with E-state index in [9.17, 15) is 4.79 Å². The molecule has 125 valence electrons. The van der Waals surface area contributed by atoms with Gasteiger partial charge in [-0.25, -0.2) is 0 Å². The van der Waals surface area contributed by atoms with E-state index in [-0.39, 0.29) is 11.0 Å². The van der Waals surface area contributed by atoms with Gasteiger partial charge in [0, 0.05) is 14.2 Å². The van der Waals surface area contributed by atoms with Gasteiger partial charge in [-0.2, -0.15) is 0 Å². The van der Waals surface area contributed by atoms with Gasteiger partial charge in [0.15, 0.2) is 0 Å². The van der Waals surface area contributed by atoms with Gasteiger partial charge in [0.25, 0.3) is 14.3 Å². The summed E-state index contributed by atoms with van der Waals surface area (Å²) in [5.41, 5.74) is 0. The van der Waals surface area contributed by atoms with Gasteiger partial charge in [0.1, 0.15) is 5.04 Å². The van der Waals surface area contributed by atoms with Crippen LogP contribution in [0.15, 0.2) is 0 Å². The zero-order valence-electron chi connectivity index (χ0n) is 15.3. The van der Waals surface area contributed by atoms with Crippen LogP contribution in [0, 0.1) is 0 Å². The lowest BCUT2D eigenvalue weighted by atomic mass is 10.1. The highest BCUT2D eigenvalue weighted by Gasteiger charge is 2.52. The predicted molar refractivity (Wildman–Crippen MR) is 91.0 cm³/mol. The van der Waals surface area contributed by atoms with Crippen LogP contribution in [-0.4, -0.2) is 37.8 Å². The molecule has 0 N–H and O–H groups in total. The van der Waals surface area contributed by atoms with Crippen molar-refractivity contribution in [2.75, 3.05) is 14.2 Å². The topological polar surface area (TPSA) is 44.8 Å². The first-order valence-electron chi connectivity index (χ1n) is 7.77. The van der Waals surface area contributed by atoms with E-state index in [0.29, 0.717) is 6.42 Å². The van der Waals surface area contributed by atoms with Crippen molar-refractivity contribution < 1.29 is 18.1 Å². The summed E-state index contributed by atoms with van der Waals surface area (Å²) in [6.07, 6.45) is 0.657. The lowest BCUT2D eigenvalue weighted by Gasteiger charge is -2.43. The minimum absolute atomic E-state index is 0.0217. The van der Waals surface area contributed by atoms with E-state index in [1.807, 2.05) is 13.8 Å². The highest BCUT2D eigenvalue weighted by molar-refractivity contribution is 6.78. The van der Waals surface area contributed by atoms with Gasteiger partial charge in [-0.15, -0.1) is 0 Å². The number of carbonyl (C=O) groups is 1. The Kier molecular flexibility index (Phi) is 7.83. The van der Waals surface area contributed by atoms with Crippen LogP contribution in [0.1, 0.15) is 54.9 Å². The van der Waals surface area contributed by atoms with E-state index in [0.717, 1.165) is 12.1 Å². The molecule has 0 aromatic heterocycles. The fourth-order valence-electron chi connectivity index (χ4n) is 2.80. The van der Waals surface area contributed by atoms with Crippen LogP contribution < -0.4 is 0 Å². The first-order chi connectivity index (χ1) is 9.58. The van der Waals surface area contributed by atoms with Gasteiger partial charge < -0.3 is 13.3 Å². The van der Waals surface area contributed by atoms with Crippen LogP contribution in [0.2, 0.25) is 22.2 Å². The third-order valence-electron chi connectivity index (χ3n) is 4.78. The van der Waals surface area contributed by atoms with Crippen molar-refractivity contribution in [2.24, 2.45) is 0 Å².